The molecule has 0 aromatic carbocycles. The molecule has 1 fully saturated rings. The molecule has 6 heteroatoms. The molecule has 2 rings (SSSR count). The van der Waals surface area contributed by atoms with Gasteiger partial charge in [0.15, 0.2) is 11.6 Å². The highest BCUT2D eigenvalue weighted by Crippen LogP contribution is 2.18. The lowest BCUT2D eigenvalue weighted by Gasteiger charge is -2.31. The van der Waals surface area contributed by atoms with Crippen molar-refractivity contribution in [1.82, 2.24) is 14.9 Å². The third-order valence-corrected chi connectivity index (χ3v) is 3.61. The van der Waals surface area contributed by atoms with Gasteiger partial charge in [0, 0.05) is 6.54 Å². The quantitative estimate of drug-likeness (QED) is 0.855. The van der Waals surface area contributed by atoms with Crippen LogP contribution in [0.15, 0.2) is 6.20 Å². The van der Waals surface area contributed by atoms with Gasteiger partial charge >= 0.3 is 0 Å². The summed E-state index contributed by atoms with van der Waals surface area (Å²) in [6, 6.07) is 0. The summed E-state index contributed by atoms with van der Waals surface area (Å²) in [7, 11) is 0. The molecule has 1 aliphatic rings. The molecule has 100 valence electrons. The second-order valence-corrected chi connectivity index (χ2v) is 4.93. The predicted octanol–water partition coefficient (Wildman–Crippen LogP) is 2.41. The van der Waals surface area contributed by atoms with Gasteiger partial charge in [-0.05, 0) is 50.0 Å². The van der Waals surface area contributed by atoms with Gasteiger partial charge in [-0.15, -0.1) is 0 Å². The minimum Gasteiger partial charge on any atom is -0.367 e. The Hall–Kier alpha value is -0.940. The van der Waals surface area contributed by atoms with Crippen LogP contribution in [0.1, 0.15) is 19.8 Å². The fourth-order valence-electron chi connectivity index (χ4n) is 2.22. The molecule has 18 heavy (non-hydrogen) atoms. The monoisotopic (exact) mass is 272 g/mol. The number of nitrogens with zero attached hydrogens (tertiary/aromatic N) is 3. The van der Waals surface area contributed by atoms with Gasteiger partial charge in [-0.3, -0.25) is 0 Å². The van der Waals surface area contributed by atoms with Crippen molar-refractivity contribution < 1.29 is 4.39 Å². The van der Waals surface area contributed by atoms with Gasteiger partial charge in [0.2, 0.25) is 5.28 Å². The van der Waals surface area contributed by atoms with Crippen LogP contribution in [0, 0.1) is 11.7 Å². The van der Waals surface area contributed by atoms with Crippen LogP contribution < -0.4 is 5.32 Å². The highest BCUT2D eigenvalue weighted by atomic mass is 35.5. The van der Waals surface area contributed by atoms with Crippen LogP contribution in [0.25, 0.3) is 0 Å². The summed E-state index contributed by atoms with van der Waals surface area (Å²) in [5, 5.41) is 3.10. The van der Waals surface area contributed by atoms with E-state index in [0.29, 0.717) is 5.92 Å². The third-order valence-electron chi connectivity index (χ3n) is 3.43. The third kappa shape index (κ3) is 3.53. The van der Waals surface area contributed by atoms with Crippen LogP contribution in [-0.4, -0.2) is 41.0 Å². The first-order valence-electron chi connectivity index (χ1n) is 6.33. The van der Waals surface area contributed by atoms with Crippen LogP contribution in [-0.2, 0) is 0 Å². The number of halogens is 2. The lowest BCUT2D eigenvalue weighted by atomic mass is 9.97. The molecule has 0 unspecified atom stereocenters. The van der Waals surface area contributed by atoms with Gasteiger partial charge < -0.3 is 10.2 Å². The van der Waals surface area contributed by atoms with Gasteiger partial charge in [-0.25, -0.2) is 9.37 Å². The Kier molecular flexibility index (Phi) is 4.72. The average Bonchev–Trinajstić information content (AvgIpc) is 2.40. The maximum absolute atomic E-state index is 13.4. The van der Waals surface area contributed by atoms with Gasteiger partial charge in [0.25, 0.3) is 0 Å². The number of hydrogen-bond donors (Lipinski definition) is 1. The Labute approximate surface area is 112 Å². The normalized spacial score (nSPS) is 17.9. The van der Waals surface area contributed by atoms with E-state index < -0.39 is 5.82 Å². The molecule has 4 nitrogen and oxygen atoms in total. The first kappa shape index (κ1) is 13.5. The fourth-order valence-corrected chi connectivity index (χ4v) is 2.35. The van der Waals surface area contributed by atoms with E-state index in [4.69, 9.17) is 11.6 Å². The summed E-state index contributed by atoms with van der Waals surface area (Å²) in [5.74, 6) is 0.319. The Bertz CT molecular complexity index is 394. The number of anilines is 1. The van der Waals surface area contributed by atoms with E-state index >= 15 is 0 Å². The molecule has 1 saturated heterocycles. The molecule has 0 amide bonds. The highest BCUT2D eigenvalue weighted by Gasteiger charge is 2.18. The van der Waals surface area contributed by atoms with Crippen molar-refractivity contribution >= 4 is 17.4 Å². The molecular weight excluding hydrogens is 255 g/mol. The maximum atomic E-state index is 13.4. The highest BCUT2D eigenvalue weighted by molar-refractivity contribution is 6.28. The van der Waals surface area contributed by atoms with Gasteiger partial charge in [0.1, 0.15) is 0 Å². The molecule has 0 atom stereocenters. The molecule has 0 saturated carbocycles. The van der Waals surface area contributed by atoms with Crippen molar-refractivity contribution in [2.24, 2.45) is 5.92 Å². The van der Waals surface area contributed by atoms with E-state index in [0.717, 1.165) is 45.2 Å². The molecule has 2 heterocycles. The van der Waals surface area contributed by atoms with Crippen LogP contribution in [0.2, 0.25) is 5.28 Å². The molecule has 1 aromatic heterocycles. The topological polar surface area (TPSA) is 41.0 Å². The molecule has 1 aliphatic heterocycles. The Morgan fingerprint density at radius 1 is 1.50 bits per heavy atom. The molecule has 0 bridgehead atoms. The summed E-state index contributed by atoms with van der Waals surface area (Å²) < 4.78 is 13.4. The molecule has 1 aromatic rings. The SMILES string of the molecule is CCN1CCC(CNc2nc(Cl)ncc2F)CC1. The maximum Gasteiger partial charge on any atom is 0.224 e. The van der Waals surface area contributed by atoms with Crippen molar-refractivity contribution in [3.05, 3.63) is 17.3 Å². The minimum absolute atomic E-state index is 0.0692. The zero-order valence-electron chi connectivity index (χ0n) is 10.5. The molecule has 0 aliphatic carbocycles. The first-order valence-corrected chi connectivity index (χ1v) is 6.71. The largest absolute Gasteiger partial charge is 0.367 e. The number of nitrogens with one attached hydrogen (secondary N) is 1. The summed E-state index contributed by atoms with van der Waals surface area (Å²) in [6.45, 7) is 6.26. The van der Waals surface area contributed by atoms with E-state index in [1.54, 1.807) is 0 Å². The second-order valence-electron chi connectivity index (χ2n) is 4.59. The number of likely N-dealkylation sites (tertiary alicyclic amines) is 1. The van der Waals surface area contributed by atoms with Crippen LogP contribution in [0.5, 0.6) is 0 Å². The van der Waals surface area contributed by atoms with E-state index in [1.165, 1.54) is 0 Å². The van der Waals surface area contributed by atoms with Gasteiger partial charge in [-0.2, -0.15) is 4.98 Å². The van der Waals surface area contributed by atoms with Gasteiger partial charge in [-0.1, -0.05) is 6.92 Å². The number of rotatable bonds is 4. The Morgan fingerprint density at radius 2 is 2.22 bits per heavy atom. The summed E-state index contributed by atoms with van der Waals surface area (Å²) in [4.78, 5) is 9.86. The van der Waals surface area contributed by atoms with E-state index in [1.807, 2.05) is 0 Å². The minimum atomic E-state index is -0.453. The van der Waals surface area contributed by atoms with Crippen molar-refractivity contribution in [2.45, 2.75) is 19.8 Å². The Morgan fingerprint density at radius 3 is 2.89 bits per heavy atom. The first-order chi connectivity index (χ1) is 8.69. The smallest absolute Gasteiger partial charge is 0.224 e. The van der Waals surface area contributed by atoms with E-state index in [-0.39, 0.29) is 11.1 Å². The van der Waals surface area contributed by atoms with Crippen LogP contribution >= 0.6 is 11.6 Å². The molecule has 0 spiro atoms. The summed E-state index contributed by atoms with van der Waals surface area (Å²) >= 11 is 5.64. The number of piperidine rings is 1. The van der Waals surface area contributed by atoms with Crippen LogP contribution in [0.4, 0.5) is 10.2 Å². The molecule has 1 N–H and O–H groups in total. The zero-order chi connectivity index (χ0) is 13.0. The van der Waals surface area contributed by atoms with Crippen molar-refractivity contribution in [1.29, 1.82) is 0 Å². The van der Waals surface area contributed by atoms with Gasteiger partial charge in [0.05, 0.1) is 6.20 Å². The number of hydrogen-bond acceptors (Lipinski definition) is 4. The van der Waals surface area contributed by atoms with Crippen LogP contribution in [0.3, 0.4) is 0 Å². The summed E-state index contributed by atoms with van der Waals surface area (Å²) in [5.41, 5.74) is 0. The second kappa shape index (κ2) is 6.29. The standard InChI is InChI=1S/C12H18ClFN4/c1-2-18-5-3-9(4-6-18)7-15-11-10(14)8-16-12(13)17-11/h8-9H,2-7H2,1H3,(H,15,16,17). The summed E-state index contributed by atoms with van der Waals surface area (Å²) in [6.07, 6.45) is 3.37. The average molecular weight is 273 g/mol. The van der Waals surface area contributed by atoms with E-state index in [2.05, 4.69) is 27.1 Å². The zero-order valence-corrected chi connectivity index (χ0v) is 11.3. The number of aromatic nitrogens is 2. The molecular formula is C12H18ClFN4. The lowest BCUT2D eigenvalue weighted by molar-refractivity contribution is 0.198. The Balaban J connectivity index is 1.83. The van der Waals surface area contributed by atoms with Crippen molar-refractivity contribution in [3.8, 4) is 0 Å². The van der Waals surface area contributed by atoms with Crippen molar-refractivity contribution in [2.75, 3.05) is 31.5 Å². The fraction of sp³-hybridized carbons (Fsp3) is 0.667. The predicted molar refractivity (Wildman–Crippen MR) is 70.3 cm³/mol. The van der Waals surface area contributed by atoms with Crippen molar-refractivity contribution in [3.63, 3.8) is 0 Å². The lowest BCUT2D eigenvalue weighted by Crippen LogP contribution is -2.35. The van der Waals surface area contributed by atoms with E-state index in [9.17, 15) is 4.39 Å². The molecule has 0 radical (unpaired) electrons.